The van der Waals surface area contributed by atoms with Gasteiger partial charge < -0.3 is 15.4 Å². The normalized spacial score (nSPS) is 44.9. The number of carbonyl (C=O) groups is 2. The van der Waals surface area contributed by atoms with E-state index in [9.17, 15) is 9.59 Å². The van der Waals surface area contributed by atoms with Crippen LogP contribution in [0, 0.1) is 35.5 Å². The van der Waals surface area contributed by atoms with E-state index in [2.05, 4.69) is 10.6 Å². The Bertz CT molecular complexity index is 791. The first-order chi connectivity index (χ1) is 15.0. The summed E-state index contributed by atoms with van der Waals surface area (Å²) in [6.45, 7) is 0. The molecule has 2 N–H and O–H groups in total. The zero-order chi connectivity index (χ0) is 20.8. The van der Waals surface area contributed by atoms with Crippen molar-refractivity contribution in [1.82, 2.24) is 10.6 Å². The Hall–Kier alpha value is -0.710. The summed E-state index contributed by atoms with van der Waals surface area (Å²) in [6, 6.07) is 5.58. The van der Waals surface area contributed by atoms with Crippen LogP contribution < -0.4 is 40.2 Å². The summed E-state index contributed by atoms with van der Waals surface area (Å²) in [5.41, 5.74) is 1.13. The average molecular weight is 443 g/mol. The van der Waals surface area contributed by atoms with Gasteiger partial charge in [-0.2, -0.15) is 12.1 Å². The summed E-state index contributed by atoms with van der Waals surface area (Å²) in [6.07, 6.45) is 15.0. The maximum atomic E-state index is 13.4. The molecule has 0 aliphatic heterocycles. The number of carbonyl (C=O) groups excluding carboxylic acids is 2. The molecule has 8 aliphatic carbocycles. The molecule has 0 saturated heterocycles. The minimum atomic E-state index is -0.0254. The van der Waals surface area contributed by atoms with Gasteiger partial charge in [-0.25, -0.2) is 0 Å². The molecule has 8 saturated carbocycles. The number of amides is 2. The zero-order valence-electron chi connectivity index (χ0n) is 19.5. The summed E-state index contributed by atoms with van der Waals surface area (Å²) in [7, 11) is 0. The molecule has 8 bridgehead atoms. The minimum absolute atomic E-state index is 0. The molecule has 0 spiro atoms. The van der Waals surface area contributed by atoms with Gasteiger partial charge in [0.15, 0.2) is 5.91 Å². The molecule has 0 radical (unpaired) electrons. The summed E-state index contributed by atoms with van der Waals surface area (Å²) in [5, 5.41) is 6.93. The molecule has 1 aromatic carbocycles. The second kappa shape index (κ2) is 7.65. The second-order valence-electron chi connectivity index (χ2n) is 12.7. The van der Waals surface area contributed by atoms with Crippen molar-refractivity contribution < 1.29 is 39.1 Å². The summed E-state index contributed by atoms with van der Waals surface area (Å²) < 4.78 is 0. The first-order valence-electron chi connectivity index (χ1n) is 12.9. The maximum absolute atomic E-state index is 13.4. The number of nitrogens with one attached hydrogen (secondary N) is 2. The smallest absolute Gasteiger partial charge is 0.386 e. The molecule has 0 heterocycles. The fourth-order valence-electron chi connectivity index (χ4n) is 9.96. The summed E-state index contributed by atoms with van der Waals surface area (Å²) in [5.74, 6) is 4.73. The van der Waals surface area contributed by atoms with Gasteiger partial charge in [0.25, 0.3) is 0 Å². The predicted molar refractivity (Wildman–Crippen MR) is 119 cm³/mol. The fourth-order valence-corrected chi connectivity index (χ4v) is 9.96. The van der Waals surface area contributed by atoms with Crippen molar-refractivity contribution in [2.45, 2.75) is 88.1 Å². The van der Waals surface area contributed by atoms with Crippen LogP contribution in [0.25, 0.3) is 0 Å². The van der Waals surface area contributed by atoms with Crippen molar-refractivity contribution in [1.29, 1.82) is 0 Å². The minimum Gasteiger partial charge on any atom is -0.386 e. The zero-order valence-corrected chi connectivity index (χ0v) is 21.5. The molecule has 32 heavy (non-hydrogen) atoms. The fraction of sp³-hybridized carbons (Fsp3) is 0.741. The van der Waals surface area contributed by atoms with Crippen molar-refractivity contribution in [3.05, 3.63) is 29.3 Å². The predicted octanol–water partition coefficient (Wildman–Crippen LogP) is 1.81. The first kappa shape index (κ1) is 21.8. The molecule has 2 amide bonds. The van der Waals surface area contributed by atoms with E-state index in [4.69, 9.17) is 0 Å². The van der Waals surface area contributed by atoms with E-state index >= 15 is 0 Å². The van der Waals surface area contributed by atoms with Gasteiger partial charge in [-0.1, -0.05) is 5.56 Å². The number of hydrogen-bond acceptors (Lipinski definition) is 2. The van der Waals surface area contributed by atoms with Gasteiger partial charge in [0.2, 0.25) is 5.91 Å². The molecule has 0 unspecified atom stereocenters. The Labute approximate surface area is 213 Å². The third-order valence-electron chi connectivity index (χ3n) is 10.1. The van der Waals surface area contributed by atoms with Crippen molar-refractivity contribution in [2.75, 3.05) is 0 Å². The van der Waals surface area contributed by atoms with Gasteiger partial charge in [0.1, 0.15) is 0 Å². The van der Waals surface area contributed by atoms with Crippen LogP contribution in [0.1, 0.15) is 97.8 Å². The molecular formula is C27H35N2NaO2. The van der Waals surface area contributed by atoms with Crippen LogP contribution in [0.3, 0.4) is 0 Å². The molecule has 166 valence electrons. The van der Waals surface area contributed by atoms with Crippen LogP contribution in [0.2, 0.25) is 0 Å². The quantitative estimate of drug-likeness (QED) is 0.552. The SMILES string of the molecule is O=C(NC12CC3CC(CC(C3)C1)C2)c1ccc[c-]1C(=O)NC12CC3CC(CC(C3)C1)C2.[Na+]. The topological polar surface area (TPSA) is 58.2 Å². The number of hydrogen-bond donors (Lipinski definition) is 2. The molecule has 8 fully saturated rings. The van der Waals surface area contributed by atoms with E-state index < -0.39 is 0 Å². The second-order valence-corrected chi connectivity index (χ2v) is 12.7. The Morgan fingerprint density at radius 3 is 1.56 bits per heavy atom. The van der Waals surface area contributed by atoms with Gasteiger partial charge in [0, 0.05) is 11.1 Å². The van der Waals surface area contributed by atoms with Crippen molar-refractivity contribution in [3.8, 4) is 0 Å². The van der Waals surface area contributed by atoms with Crippen LogP contribution in [-0.2, 0) is 0 Å². The molecule has 8 aliphatic rings. The van der Waals surface area contributed by atoms with Gasteiger partial charge in [0.05, 0.1) is 0 Å². The van der Waals surface area contributed by atoms with E-state index in [-0.39, 0.29) is 52.4 Å². The molecule has 5 heteroatoms. The third kappa shape index (κ3) is 3.55. The van der Waals surface area contributed by atoms with Gasteiger partial charge >= 0.3 is 29.6 Å². The van der Waals surface area contributed by atoms with Gasteiger partial charge in [-0.15, -0.1) is 6.07 Å². The summed E-state index contributed by atoms with van der Waals surface area (Å²) in [4.78, 5) is 26.8. The molecule has 9 rings (SSSR count). The van der Waals surface area contributed by atoms with E-state index in [1.807, 2.05) is 18.2 Å². The standard InChI is InChI=1S/C27H35N2O2.Na/c30-24(28-26-10-16-4-17(11-26)6-18(5-16)12-26)22-2-1-3-23(22)25(31)29-27-13-19-7-20(14-27)9-21(8-19)15-27;/h1-3,16-21H,4-15H2,(H,28,30)(H,29,31);/q-1;+1. The molecule has 0 atom stereocenters. The Morgan fingerprint density at radius 1 is 0.719 bits per heavy atom. The summed E-state index contributed by atoms with van der Waals surface area (Å²) >= 11 is 0. The van der Waals surface area contributed by atoms with Crippen LogP contribution in [0.5, 0.6) is 0 Å². The third-order valence-corrected chi connectivity index (χ3v) is 10.1. The molecule has 0 aromatic heterocycles. The van der Waals surface area contributed by atoms with E-state index in [1.54, 1.807) is 0 Å². The van der Waals surface area contributed by atoms with Gasteiger partial charge in [-0.05, 0) is 118 Å². The van der Waals surface area contributed by atoms with Crippen molar-refractivity contribution in [3.63, 3.8) is 0 Å². The Kier molecular flexibility index (Phi) is 5.21. The first-order valence-corrected chi connectivity index (χ1v) is 12.9. The van der Waals surface area contributed by atoms with Crippen molar-refractivity contribution >= 4 is 11.8 Å². The van der Waals surface area contributed by atoms with E-state index in [0.29, 0.717) is 11.1 Å². The monoisotopic (exact) mass is 442 g/mol. The Balaban J connectivity index is 0.00000196. The Morgan fingerprint density at radius 2 is 1.12 bits per heavy atom. The number of rotatable bonds is 4. The van der Waals surface area contributed by atoms with Crippen LogP contribution in [-0.4, -0.2) is 22.9 Å². The van der Waals surface area contributed by atoms with E-state index in [1.165, 1.54) is 38.5 Å². The molecular weight excluding hydrogens is 407 g/mol. The maximum Gasteiger partial charge on any atom is 1.00 e. The van der Waals surface area contributed by atoms with Crippen LogP contribution in [0.15, 0.2) is 18.2 Å². The van der Waals surface area contributed by atoms with Crippen molar-refractivity contribution in [2.24, 2.45) is 35.5 Å². The van der Waals surface area contributed by atoms with Crippen LogP contribution >= 0.6 is 0 Å². The largest absolute Gasteiger partial charge is 1.00 e. The van der Waals surface area contributed by atoms with E-state index in [0.717, 1.165) is 74.0 Å². The molecule has 4 nitrogen and oxygen atoms in total. The van der Waals surface area contributed by atoms with Gasteiger partial charge in [-0.3, -0.25) is 4.79 Å². The van der Waals surface area contributed by atoms with Crippen LogP contribution in [0.4, 0.5) is 0 Å². The molecule has 1 aromatic rings. The average Bonchev–Trinajstić information content (AvgIpc) is 3.15.